The van der Waals surface area contributed by atoms with Crippen LogP contribution in [0.2, 0.25) is 0 Å². The normalized spacial score (nSPS) is 23.2. The van der Waals surface area contributed by atoms with Crippen molar-refractivity contribution in [2.45, 2.75) is 33.0 Å². The average Bonchev–Trinajstić information content (AvgIpc) is 2.40. The summed E-state index contributed by atoms with van der Waals surface area (Å²) in [6.45, 7) is 7.68. The van der Waals surface area contributed by atoms with Gasteiger partial charge in [-0.05, 0) is 43.5 Å². The molecule has 104 valence electrons. The highest BCUT2D eigenvalue weighted by molar-refractivity contribution is 5.91. The fourth-order valence-electron chi connectivity index (χ4n) is 2.49. The molecule has 0 saturated carbocycles. The zero-order valence-corrected chi connectivity index (χ0v) is 11.9. The van der Waals surface area contributed by atoms with Crippen LogP contribution >= 0.6 is 0 Å². The fraction of sp³-hybridized carbons (Fsp3) is 0.533. The Kier molecular flexibility index (Phi) is 4.22. The Morgan fingerprint density at radius 3 is 2.68 bits per heavy atom. The largest absolute Gasteiger partial charge is 0.465 e. The van der Waals surface area contributed by atoms with Gasteiger partial charge >= 0.3 is 5.97 Å². The van der Waals surface area contributed by atoms with Crippen LogP contribution in [0.1, 0.15) is 40.1 Å². The van der Waals surface area contributed by atoms with E-state index in [1.54, 1.807) is 0 Å². The Balaban J connectivity index is 2.32. The molecule has 0 bridgehead atoms. The third kappa shape index (κ3) is 2.96. The lowest BCUT2D eigenvalue weighted by molar-refractivity contribution is -0.0290. The molecule has 0 radical (unpaired) electrons. The molecule has 0 aromatic heterocycles. The first-order valence-corrected chi connectivity index (χ1v) is 6.58. The molecule has 1 aliphatic heterocycles. The molecule has 1 heterocycles. The molecule has 1 fully saturated rings. The maximum atomic E-state index is 11.7. The molecule has 1 aromatic carbocycles. The van der Waals surface area contributed by atoms with Crippen molar-refractivity contribution < 1.29 is 14.3 Å². The Morgan fingerprint density at radius 2 is 2.05 bits per heavy atom. The Bertz CT molecular complexity index is 485. The van der Waals surface area contributed by atoms with Crippen molar-refractivity contribution >= 4 is 5.97 Å². The van der Waals surface area contributed by atoms with Crippen molar-refractivity contribution in [1.29, 1.82) is 0 Å². The molecule has 2 atom stereocenters. The van der Waals surface area contributed by atoms with Crippen molar-refractivity contribution in [3.63, 3.8) is 0 Å². The molecule has 0 aliphatic carbocycles. The van der Waals surface area contributed by atoms with Crippen LogP contribution in [-0.4, -0.2) is 32.3 Å². The van der Waals surface area contributed by atoms with E-state index in [4.69, 9.17) is 9.47 Å². The molecule has 4 heteroatoms. The van der Waals surface area contributed by atoms with E-state index in [0.29, 0.717) is 5.56 Å². The third-order valence-electron chi connectivity index (χ3n) is 3.52. The van der Waals surface area contributed by atoms with E-state index in [1.165, 1.54) is 7.11 Å². The quantitative estimate of drug-likeness (QED) is 0.830. The van der Waals surface area contributed by atoms with Crippen molar-refractivity contribution in [2.24, 2.45) is 0 Å². The predicted octanol–water partition coefficient (Wildman–Crippen LogP) is 2.14. The molecule has 4 nitrogen and oxygen atoms in total. The maximum Gasteiger partial charge on any atom is 0.338 e. The molecule has 1 aromatic rings. The Labute approximate surface area is 114 Å². The van der Waals surface area contributed by atoms with E-state index >= 15 is 0 Å². The van der Waals surface area contributed by atoms with Crippen LogP contribution in [0.15, 0.2) is 12.1 Å². The second kappa shape index (κ2) is 5.72. The summed E-state index contributed by atoms with van der Waals surface area (Å²) in [5, 5.41) is 3.36. The lowest BCUT2D eigenvalue weighted by Gasteiger charge is -2.30. The summed E-state index contributed by atoms with van der Waals surface area (Å²) in [6.07, 6.45) is 0.257. The molecule has 0 unspecified atom stereocenters. The van der Waals surface area contributed by atoms with E-state index in [2.05, 4.69) is 12.2 Å². The number of benzene rings is 1. The van der Waals surface area contributed by atoms with Crippen molar-refractivity contribution in [2.75, 3.05) is 20.2 Å². The van der Waals surface area contributed by atoms with Crippen molar-refractivity contribution in [3.8, 4) is 0 Å². The number of carbonyl (C=O) groups excluding carboxylic acids is 1. The van der Waals surface area contributed by atoms with Gasteiger partial charge in [-0.3, -0.25) is 0 Å². The molecular weight excluding hydrogens is 242 g/mol. The van der Waals surface area contributed by atoms with Crippen LogP contribution in [0.5, 0.6) is 0 Å². The van der Waals surface area contributed by atoms with E-state index < -0.39 is 0 Å². The summed E-state index contributed by atoms with van der Waals surface area (Å²) in [7, 11) is 1.40. The van der Waals surface area contributed by atoms with E-state index in [1.807, 2.05) is 26.0 Å². The number of esters is 1. The summed E-state index contributed by atoms with van der Waals surface area (Å²) < 4.78 is 10.7. The van der Waals surface area contributed by atoms with Gasteiger partial charge in [0, 0.05) is 13.1 Å². The molecule has 19 heavy (non-hydrogen) atoms. The van der Waals surface area contributed by atoms with Crippen LogP contribution in [0.3, 0.4) is 0 Å². The number of methoxy groups -OCH3 is 1. The molecular formula is C15H21NO3. The zero-order chi connectivity index (χ0) is 14.0. The van der Waals surface area contributed by atoms with E-state index in [-0.39, 0.29) is 18.2 Å². The molecule has 2 rings (SSSR count). The van der Waals surface area contributed by atoms with Crippen LogP contribution in [0.4, 0.5) is 0 Å². The third-order valence-corrected chi connectivity index (χ3v) is 3.52. The molecule has 0 spiro atoms. The van der Waals surface area contributed by atoms with Crippen LogP contribution < -0.4 is 5.32 Å². The van der Waals surface area contributed by atoms with Crippen molar-refractivity contribution in [1.82, 2.24) is 5.32 Å². The highest BCUT2D eigenvalue weighted by Crippen LogP contribution is 2.27. The van der Waals surface area contributed by atoms with Gasteiger partial charge < -0.3 is 14.8 Å². The van der Waals surface area contributed by atoms with Gasteiger partial charge in [0.15, 0.2) is 0 Å². The molecule has 1 N–H and O–H groups in total. The topological polar surface area (TPSA) is 47.6 Å². The van der Waals surface area contributed by atoms with Crippen LogP contribution in [0.25, 0.3) is 0 Å². The van der Waals surface area contributed by atoms with Gasteiger partial charge in [0.1, 0.15) is 0 Å². The SMILES string of the molecule is COC(=O)c1cc(C)c([C@@H]2CNC[C@H](C)O2)cc1C. The number of hydrogen-bond donors (Lipinski definition) is 1. The van der Waals surface area contributed by atoms with Gasteiger partial charge in [0.25, 0.3) is 0 Å². The number of ether oxygens (including phenoxy) is 2. The summed E-state index contributed by atoms with van der Waals surface area (Å²) in [5.74, 6) is -0.289. The van der Waals surface area contributed by atoms with E-state index in [0.717, 1.165) is 29.8 Å². The van der Waals surface area contributed by atoms with Crippen LogP contribution in [0, 0.1) is 13.8 Å². The lowest BCUT2D eigenvalue weighted by Crippen LogP contribution is -2.39. The lowest BCUT2D eigenvalue weighted by atomic mass is 9.95. The van der Waals surface area contributed by atoms with Crippen LogP contribution in [-0.2, 0) is 9.47 Å². The number of morpholine rings is 1. The Morgan fingerprint density at radius 1 is 1.32 bits per heavy atom. The second-order valence-corrected chi connectivity index (χ2v) is 5.11. The molecule has 0 amide bonds. The van der Waals surface area contributed by atoms with Gasteiger partial charge in [-0.25, -0.2) is 4.79 Å². The van der Waals surface area contributed by atoms with Gasteiger partial charge in [-0.2, -0.15) is 0 Å². The highest BCUT2D eigenvalue weighted by Gasteiger charge is 2.23. The number of carbonyl (C=O) groups is 1. The fourth-order valence-corrected chi connectivity index (χ4v) is 2.49. The maximum absolute atomic E-state index is 11.7. The highest BCUT2D eigenvalue weighted by atomic mass is 16.5. The van der Waals surface area contributed by atoms with Gasteiger partial charge in [-0.1, -0.05) is 6.07 Å². The number of aryl methyl sites for hydroxylation is 2. The smallest absolute Gasteiger partial charge is 0.338 e. The first-order valence-electron chi connectivity index (χ1n) is 6.58. The number of rotatable bonds is 2. The molecule has 1 saturated heterocycles. The summed E-state index contributed by atoms with van der Waals surface area (Å²) in [5.41, 5.74) is 3.76. The molecule has 1 aliphatic rings. The van der Waals surface area contributed by atoms with Gasteiger partial charge in [-0.15, -0.1) is 0 Å². The number of nitrogens with one attached hydrogen (secondary N) is 1. The Hall–Kier alpha value is -1.39. The second-order valence-electron chi connectivity index (χ2n) is 5.11. The zero-order valence-electron chi connectivity index (χ0n) is 11.9. The van der Waals surface area contributed by atoms with Gasteiger partial charge in [0.2, 0.25) is 0 Å². The first kappa shape index (κ1) is 14.0. The summed E-state index contributed by atoms with van der Waals surface area (Å²) in [6, 6.07) is 3.92. The minimum absolute atomic E-state index is 0.0501. The minimum atomic E-state index is -0.289. The minimum Gasteiger partial charge on any atom is -0.465 e. The van der Waals surface area contributed by atoms with E-state index in [9.17, 15) is 4.79 Å². The predicted molar refractivity (Wildman–Crippen MR) is 73.4 cm³/mol. The monoisotopic (exact) mass is 263 g/mol. The standard InChI is InChI=1S/C15H21NO3/c1-9-6-13(15(17)18-4)10(2)5-12(9)14-8-16-7-11(3)19-14/h5-6,11,14,16H,7-8H2,1-4H3/t11-,14-/m0/s1. The van der Waals surface area contributed by atoms with Crippen molar-refractivity contribution in [3.05, 3.63) is 34.4 Å². The number of hydrogen-bond acceptors (Lipinski definition) is 4. The summed E-state index contributed by atoms with van der Waals surface area (Å²) >= 11 is 0. The summed E-state index contributed by atoms with van der Waals surface area (Å²) in [4.78, 5) is 11.7. The van der Waals surface area contributed by atoms with Gasteiger partial charge in [0.05, 0.1) is 24.9 Å². The first-order chi connectivity index (χ1) is 9.02. The average molecular weight is 263 g/mol.